The molecule has 3 aromatic carbocycles. The first kappa shape index (κ1) is 30.7. The van der Waals surface area contributed by atoms with Crippen LogP contribution in [0.3, 0.4) is 0 Å². The molecule has 0 saturated carbocycles. The van der Waals surface area contributed by atoms with Crippen molar-refractivity contribution in [3.63, 3.8) is 0 Å². The summed E-state index contributed by atoms with van der Waals surface area (Å²) in [6.07, 6.45) is 0.341. The molecule has 0 spiro atoms. The largest absolute Gasteiger partial charge is 0.497 e. The molecule has 0 aliphatic carbocycles. The molecule has 0 aliphatic heterocycles. The Morgan fingerprint density at radius 1 is 0.950 bits per heavy atom. The zero-order chi connectivity index (χ0) is 29.5. The average Bonchev–Trinajstić information content (AvgIpc) is 2.91. The summed E-state index contributed by atoms with van der Waals surface area (Å²) in [5, 5.41) is 2.97. The number of anilines is 1. The molecule has 0 aliphatic rings. The molecule has 2 amide bonds. The number of sulfonamides is 1. The van der Waals surface area contributed by atoms with Gasteiger partial charge in [-0.3, -0.25) is 13.9 Å². The van der Waals surface area contributed by atoms with Gasteiger partial charge < -0.3 is 15.0 Å². The van der Waals surface area contributed by atoms with Crippen LogP contribution in [0.15, 0.2) is 83.8 Å². The van der Waals surface area contributed by atoms with Crippen molar-refractivity contribution in [1.82, 2.24) is 10.2 Å². The zero-order valence-corrected chi connectivity index (χ0v) is 24.9. The number of para-hydroxylation sites is 1. The van der Waals surface area contributed by atoms with Gasteiger partial charge in [-0.05, 0) is 75.6 Å². The van der Waals surface area contributed by atoms with Crippen LogP contribution >= 0.6 is 0 Å². The Hall–Kier alpha value is -3.85. The highest BCUT2D eigenvalue weighted by Crippen LogP contribution is 2.27. The van der Waals surface area contributed by atoms with Gasteiger partial charge in [0.25, 0.3) is 10.0 Å². The van der Waals surface area contributed by atoms with Crippen LogP contribution in [-0.2, 0) is 26.2 Å². The van der Waals surface area contributed by atoms with Gasteiger partial charge in [0.05, 0.1) is 17.7 Å². The van der Waals surface area contributed by atoms with Crippen LogP contribution in [0, 0.1) is 6.92 Å². The van der Waals surface area contributed by atoms with Crippen molar-refractivity contribution in [3.8, 4) is 5.75 Å². The van der Waals surface area contributed by atoms with Gasteiger partial charge in [0, 0.05) is 12.1 Å². The van der Waals surface area contributed by atoms with E-state index in [9.17, 15) is 18.0 Å². The molecule has 0 heterocycles. The summed E-state index contributed by atoms with van der Waals surface area (Å²) in [6.45, 7) is 8.87. The second-order valence-electron chi connectivity index (χ2n) is 10.6. The maximum absolute atomic E-state index is 14.2. The number of benzene rings is 3. The van der Waals surface area contributed by atoms with Gasteiger partial charge in [0.15, 0.2) is 0 Å². The molecule has 3 aromatic rings. The van der Waals surface area contributed by atoms with Crippen LogP contribution in [0.5, 0.6) is 5.75 Å². The fourth-order valence-corrected chi connectivity index (χ4v) is 5.92. The van der Waals surface area contributed by atoms with E-state index in [4.69, 9.17) is 4.74 Å². The van der Waals surface area contributed by atoms with Gasteiger partial charge in [-0.15, -0.1) is 0 Å². The predicted molar refractivity (Wildman–Crippen MR) is 158 cm³/mol. The molecular formula is C31H39N3O5S. The molecular weight excluding hydrogens is 526 g/mol. The number of amides is 2. The summed E-state index contributed by atoms with van der Waals surface area (Å²) in [4.78, 5) is 29.1. The van der Waals surface area contributed by atoms with Crippen molar-refractivity contribution >= 4 is 27.5 Å². The minimum Gasteiger partial charge on any atom is -0.497 e. The molecule has 8 nitrogen and oxygen atoms in total. The van der Waals surface area contributed by atoms with E-state index in [1.54, 1.807) is 62.6 Å². The molecule has 214 valence electrons. The van der Waals surface area contributed by atoms with E-state index in [0.717, 1.165) is 9.87 Å². The van der Waals surface area contributed by atoms with E-state index >= 15 is 0 Å². The van der Waals surface area contributed by atoms with Crippen LogP contribution in [0.1, 0.15) is 45.2 Å². The van der Waals surface area contributed by atoms with Crippen molar-refractivity contribution in [2.45, 2.75) is 64.1 Å². The van der Waals surface area contributed by atoms with Gasteiger partial charge in [-0.1, -0.05) is 55.5 Å². The van der Waals surface area contributed by atoms with Crippen molar-refractivity contribution in [3.05, 3.63) is 90.0 Å². The monoisotopic (exact) mass is 565 g/mol. The molecule has 0 fully saturated rings. The van der Waals surface area contributed by atoms with Crippen LogP contribution in [0.2, 0.25) is 0 Å². The van der Waals surface area contributed by atoms with Crippen molar-refractivity contribution in [2.75, 3.05) is 18.0 Å². The normalized spacial score (nSPS) is 12.3. The highest BCUT2D eigenvalue weighted by atomic mass is 32.2. The number of nitrogens with one attached hydrogen (secondary N) is 1. The van der Waals surface area contributed by atoms with E-state index in [-0.39, 0.29) is 17.3 Å². The van der Waals surface area contributed by atoms with E-state index in [1.807, 2.05) is 45.9 Å². The van der Waals surface area contributed by atoms with Crippen LogP contribution < -0.4 is 14.4 Å². The third-order valence-electron chi connectivity index (χ3n) is 6.37. The average molecular weight is 566 g/mol. The number of ether oxygens (including phenoxy) is 1. The van der Waals surface area contributed by atoms with Crippen LogP contribution in [0.25, 0.3) is 0 Å². The van der Waals surface area contributed by atoms with Gasteiger partial charge in [0.1, 0.15) is 18.3 Å². The fourth-order valence-electron chi connectivity index (χ4n) is 4.42. The summed E-state index contributed by atoms with van der Waals surface area (Å²) in [5.74, 6) is -0.189. The van der Waals surface area contributed by atoms with E-state index < -0.39 is 34.1 Å². The Labute approximate surface area is 238 Å². The number of nitrogens with zero attached hydrogens (tertiary/aromatic N) is 2. The first-order chi connectivity index (χ1) is 18.9. The second-order valence-corrected chi connectivity index (χ2v) is 12.5. The molecule has 40 heavy (non-hydrogen) atoms. The molecule has 1 atom stereocenters. The summed E-state index contributed by atoms with van der Waals surface area (Å²) < 4.78 is 34.3. The Balaban J connectivity index is 2.08. The van der Waals surface area contributed by atoms with Gasteiger partial charge in [0.2, 0.25) is 11.8 Å². The lowest BCUT2D eigenvalue weighted by atomic mass is 10.1. The maximum Gasteiger partial charge on any atom is 0.264 e. The van der Waals surface area contributed by atoms with Gasteiger partial charge in [-0.2, -0.15) is 0 Å². The third-order valence-corrected chi connectivity index (χ3v) is 8.14. The molecule has 0 unspecified atom stereocenters. The SMILES string of the molecule is CC[C@@H](C(=O)NC(C)(C)C)N(Cc1cccc(OC)c1)C(=O)CN(c1ccccc1C)S(=O)(=O)c1ccccc1. The topological polar surface area (TPSA) is 96.0 Å². The van der Waals surface area contributed by atoms with Crippen LogP contribution in [0.4, 0.5) is 5.69 Å². The molecule has 0 radical (unpaired) electrons. The summed E-state index contributed by atoms with van der Waals surface area (Å²) in [6, 6.07) is 21.5. The summed E-state index contributed by atoms with van der Waals surface area (Å²) in [7, 11) is -2.55. The molecule has 9 heteroatoms. The molecule has 0 aromatic heterocycles. The lowest BCUT2D eigenvalue weighted by Gasteiger charge is -2.35. The Morgan fingerprint density at radius 3 is 2.20 bits per heavy atom. The van der Waals surface area contributed by atoms with Gasteiger partial charge in [-0.25, -0.2) is 8.42 Å². The Morgan fingerprint density at radius 2 is 1.60 bits per heavy atom. The quantitative estimate of drug-likeness (QED) is 0.356. The van der Waals surface area contributed by atoms with E-state index in [1.165, 1.54) is 17.0 Å². The van der Waals surface area contributed by atoms with E-state index in [0.29, 0.717) is 23.4 Å². The standard InChI is InChI=1S/C31H39N3O5S/c1-7-27(30(36)32-31(3,4)5)33(21-24-15-13-16-25(20-24)39-6)29(35)22-34(28-19-12-11-14-23(28)2)40(37,38)26-17-9-8-10-18-26/h8-20,27H,7,21-22H2,1-6H3,(H,32,36)/t27-/m0/s1. The zero-order valence-electron chi connectivity index (χ0n) is 24.0. The number of methoxy groups -OCH3 is 1. The minimum atomic E-state index is -4.10. The van der Waals surface area contributed by atoms with Crippen molar-refractivity contribution < 1.29 is 22.7 Å². The highest BCUT2D eigenvalue weighted by molar-refractivity contribution is 7.92. The Bertz CT molecular complexity index is 1420. The van der Waals surface area contributed by atoms with E-state index in [2.05, 4.69) is 5.32 Å². The molecule has 0 bridgehead atoms. The molecule has 1 N–H and O–H groups in total. The van der Waals surface area contributed by atoms with Crippen molar-refractivity contribution in [1.29, 1.82) is 0 Å². The first-order valence-electron chi connectivity index (χ1n) is 13.2. The van der Waals surface area contributed by atoms with Gasteiger partial charge >= 0.3 is 0 Å². The first-order valence-corrected chi connectivity index (χ1v) is 14.7. The lowest BCUT2D eigenvalue weighted by Crippen LogP contribution is -2.55. The fraction of sp³-hybridized carbons (Fsp3) is 0.355. The number of rotatable bonds is 11. The number of hydrogen-bond donors (Lipinski definition) is 1. The lowest BCUT2D eigenvalue weighted by molar-refractivity contribution is -0.141. The summed E-state index contributed by atoms with van der Waals surface area (Å²) >= 11 is 0. The Kier molecular flexibility index (Phi) is 9.98. The highest BCUT2D eigenvalue weighted by Gasteiger charge is 2.35. The number of aryl methyl sites for hydroxylation is 1. The maximum atomic E-state index is 14.2. The third kappa shape index (κ3) is 7.63. The van der Waals surface area contributed by atoms with Crippen molar-refractivity contribution in [2.24, 2.45) is 0 Å². The number of carbonyl (C=O) groups excluding carboxylic acids is 2. The smallest absolute Gasteiger partial charge is 0.264 e. The molecule has 3 rings (SSSR count). The van der Waals surface area contributed by atoms with Crippen LogP contribution in [-0.4, -0.2) is 50.4 Å². The number of hydrogen-bond acceptors (Lipinski definition) is 5. The predicted octanol–water partition coefficient (Wildman–Crippen LogP) is 4.92. The number of carbonyl (C=O) groups is 2. The second kappa shape index (κ2) is 13.0. The minimum absolute atomic E-state index is 0.0721. The summed E-state index contributed by atoms with van der Waals surface area (Å²) in [5.41, 5.74) is 1.34. The molecule has 0 saturated heterocycles.